The smallest absolute Gasteiger partial charge is 0.240 e. The van der Waals surface area contributed by atoms with Gasteiger partial charge in [-0.2, -0.15) is 0 Å². The molecule has 0 bridgehead atoms. The van der Waals surface area contributed by atoms with Crippen LogP contribution in [0.25, 0.3) is 0 Å². The zero-order valence-corrected chi connectivity index (χ0v) is 20.2. The van der Waals surface area contributed by atoms with E-state index in [0.29, 0.717) is 31.5 Å². The number of hydrogen-bond donors (Lipinski definition) is 2. The van der Waals surface area contributed by atoms with Crippen molar-refractivity contribution in [2.75, 3.05) is 16.8 Å². The number of amides is 2. The topological polar surface area (TPSA) is 95.6 Å². The maximum absolute atomic E-state index is 13.3. The highest BCUT2D eigenvalue weighted by atomic mass is 32.2. The summed E-state index contributed by atoms with van der Waals surface area (Å²) >= 11 is 0. The SMILES string of the molecule is CC(=O)N1c2ccc(S(=O)(=O)NCC3CCC(C(=O)Nc4cccc(F)c4)CC3)cc2CC1C. The molecule has 4 rings (SSSR count). The van der Waals surface area contributed by atoms with Crippen molar-refractivity contribution in [3.8, 4) is 0 Å². The van der Waals surface area contributed by atoms with Crippen molar-refractivity contribution in [1.82, 2.24) is 4.72 Å². The zero-order valence-electron chi connectivity index (χ0n) is 19.4. The van der Waals surface area contributed by atoms with Gasteiger partial charge in [0.1, 0.15) is 5.82 Å². The fourth-order valence-electron chi connectivity index (χ4n) is 5.00. The number of hydrogen-bond acceptors (Lipinski definition) is 4. The highest BCUT2D eigenvalue weighted by Gasteiger charge is 2.31. The van der Waals surface area contributed by atoms with Crippen LogP contribution in [-0.4, -0.2) is 32.8 Å². The lowest BCUT2D eigenvalue weighted by atomic mass is 9.81. The summed E-state index contributed by atoms with van der Waals surface area (Å²) < 4.78 is 41.8. The van der Waals surface area contributed by atoms with Gasteiger partial charge < -0.3 is 10.2 Å². The Morgan fingerprint density at radius 2 is 1.82 bits per heavy atom. The number of halogens is 1. The summed E-state index contributed by atoms with van der Waals surface area (Å²) in [6.45, 7) is 3.77. The number of sulfonamides is 1. The average Bonchev–Trinajstić information content (AvgIpc) is 3.13. The summed E-state index contributed by atoms with van der Waals surface area (Å²) in [5.74, 6) is -0.602. The Bertz CT molecular complexity index is 1190. The summed E-state index contributed by atoms with van der Waals surface area (Å²) in [5, 5.41) is 2.76. The normalized spacial score (nSPS) is 22.3. The fraction of sp³-hybridized carbons (Fsp3) is 0.440. The lowest BCUT2D eigenvalue weighted by Gasteiger charge is -2.28. The van der Waals surface area contributed by atoms with Crippen LogP contribution in [0.15, 0.2) is 47.4 Å². The van der Waals surface area contributed by atoms with Gasteiger partial charge in [-0.05, 0) is 86.9 Å². The van der Waals surface area contributed by atoms with Gasteiger partial charge in [0.15, 0.2) is 0 Å². The Balaban J connectivity index is 1.30. The van der Waals surface area contributed by atoms with E-state index in [2.05, 4.69) is 10.0 Å². The van der Waals surface area contributed by atoms with Crippen LogP contribution in [0.1, 0.15) is 45.1 Å². The lowest BCUT2D eigenvalue weighted by Crippen LogP contribution is -2.34. The van der Waals surface area contributed by atoms with E-state index < -0.39 is 15.8 Å². The maximum atomic E-state index is 13.3. The predicted molar refractivity (Wildman–Crippen MR) is 128 cm³/mol. The molecule has 0 radical (unpaired) electrons. The number of carbonyl (C=O) groups excluding carboxylic acids is 2. The predicted octanol–water partition coefficient (Wildman–Crippen LogP) is 3.85. The molecule has 0 aromatic heterocycles. The lowest BCUT2D eigenvalue weighted by molar-refractivity contribution is -0.121. The van der Waals surface area contributed by atoms with Gasteiger partial charge in [-0.1, -0.05) is 6.07 Å². The van der Waals surface area contributed by atoms with E-state index in [9.17, 15) is 22.4 Å². The van der Waals surface area contributed by atoms with Crippen LogP contribution in [0.4, 0.5) is 15.8 Å². The Hall–Kier alpha value is -2.78. The van der Waals surface area contributed by atoms with Crippen LogP contribution in [0.2, 0.25) is 0 Å². The minimum Gasteiger partial charge on any atom is -0.326 e. The minimum atomic E-state index is -3.68. The van der Waals surface area contributed by atoms with Gasteiger partial charge in [-0.3, -0.25) is 9.59 Å². The number of nitrogens with zero attached hydrogens (tertiary/aromatic N) is 1. The number of anilines is 2. The summed E-state index contributed by atoms with van der Waals surface area (Å²) in [6, 6.07) is 10.7. The third-order valence-corrected chi connectivity index (χ3v) is 8.21. The molecule has 0 spiro atoms. The van der Waals surface area contributed by atoms with E-state index in [-0.39, 0.29) is 34.6 Å². The Morgan fingerprint density at radius 3 is 2.50 bits per heavy atom. The number of benzene rings is 2. The van der Waals surface area contributed by atoms with Gasteiger partial charge in [0.25, 0.3) is 0 Å². The Labute approximate surface area is 199 Å². The first-order chi connectivity index (χ1) is 16.1. The van der Waals surface area contributed by atoms with E-state index in [1.807, 2.05) is 6.92 Å². The molecular weight excluding hydrogens is 457 g/mol. The molecule has 1 fully saturated rings. The number of carbonyl (C=O) groups is 2. The van der Waals surface area contributed by atoms with Crippen LogP contribution in [-0.2, 0) is 26.0 Å². The third-order valence-electron chi connectivity index (χ3n) is 6.79. The van der Waals surface area contributed by atoms with Crippen molar-refractivity contribution < 1.29 is 22.4 Å². The molecule has 2 amide bonds. The van der Waals surface area contributed by atoms with Gasteiger partial charge in [-0.25, -0.2) is 17.5 Å². The Morgan fingerprint density at radius 1 is 1.09 bits per heavy atom. The van der Waals surface area contributed by atoms with Crippen molar-refractivity contribution in [3.63, 3.8) is 0 Å². The average molecular weight is 488 g/mol. The monoisotopic (exact) mass is 487 g/mol. The molecular formula is C25H30FN3O4S. The number of rotatable bonds is 6. The fourth-order valence-corrected chi connectivity index (χ4v) is 6.17. The van der Waals surface area contributed by atoms with Gasteiger partial charge in [0.2, 0.25) is 21.8 Å². The molecule has 34 heavy (non-hydrogen) atoms. The largest absolute Gasteiger partial charge is 0.326 e. The van der Waals surface area contributed by atoms with Crippen LogP contribution in [0.3, 0.4) is 0 Å². The van der Waals surface area contributed by atoms with Gasteiger partial charge >= 0.3 is 0 Å². The highest BCUT2D eigenvalue weighted by molar-refractivity contribution is 7.89. The van der Waals surface area contributed by atoms with Crippen molar-refractivity contribution in [3.05, 3.63) is 53.8 Å². The molecule has 9 heteroatoms. The molecule has 1 unspecified atom stereocenters. The summed E-state index contributed by atoms with van der Waals surface area (Å²) in [7, 11) is -3.68. The van der Waals surface area contributed by atoms with E-state index in [4.69, 9.17) is 0 Å². The number of nitrogens with one attached hydrogen (secondary N) is 2. The summed E-state index contributed by atoms with van der Waals surface area (Å²) in [5.41, 5.74) is 2.07. The third kappa shape index (κ3) is 5.31. The first-order valence-electron chi connectivity index (χ1n) is 11.6. The molecule has 1 aliphatic carbocycles. The van der Waals surface area contributed by atoms with Crippen molar-refractivity contribution in [2.24, 2.45) is 11.8 Å². The van der Waals surface area contributed by atoms with E-state index >= 15 is 0 Å². The molecule has 1 aliphatic heterocycles. The second-order valence-electron chi connectivity index (χ2n) is 9.30. The molecule has 1 atom stereocenters. The van der Waals surface area contributed by atoms with Crippen molar-refractivity contribution in [2.45, 2.75) is 56.9 Å². The van der Waals surface area contributed by atoms with Crippen LogP contribution < -0.4 is 14.9 Å². The minimum absolute atomic E-state index is 0.00622. The molecule has 1 saturated carbocycles. The first kappa shape index (κ1) is 24.3. The van der Waals surface area contributed by atoms with E-state index in [1.54, 1.807) is 35.2 Å². The molecule has 182 valence electrons. The van der Waals surface area contributed by atoms with Crippen LogP contribution in [0.5, 0.6) is 0 Å². The summed E-state index contributed by atoms with van der Waals surface area (Å²) in [6.07, 6.45) is 3.41. The van der Waals surface area contributed by atoms with Crippen molar-refractivity contribution >= 4 is 33.2 Å². The molecule has 2 aromatic carbocycles. The molecule has 7 nitrogen and oxygen atoms in total. The first-order valence-corrected chi connectivity index (χ1v) is 13.1. The molecule has 1 heterocycles. The molecule has 2 aliphatic rings. The van der Waals surface area contributed by atoms with Gasteiger partial charge in [0.05, 0.1) is 4.90 Å². The molecule has 2 aromatic rings. The van der Waals surface area contributed by atoms with Crippen LogP contribution in [0, 0.1) is 17.7 Å². The van der Waals surface area contributed by atoms with Crippen LogP contribution >= 0.6 is 0 Å². The molecule has 2 N–H and O–H groups in total. The summed E-state index contributed by atoms with van der Waals surface area (Å²) in [4.78, 5) is 26.3. The molecule has 0 saturated heterocycles. The second-order valence-corrected chi connectivity index (χ2v) is 11.1. The standard InChI is InChI=1S/C25H30FN3O4S/c1-16-12-20-13-23(10-11-24(20)29(16)17(2)30)34(32,33)27-15-18-6-8-19(9-7-18)25(31)28-22-5-3-4-21(26)14-22/h3-5,10-11,13-14,16,18-19,27H,6-9,12,15H2,1-2H3,(H,28,31). The maximum Gasteiger partial charge on any atom is 0.240 e. The quantitative estimate of drug-likeness (QED) is 0.647. The van der Waals surface area contributed by atoms with Gasteiger partial charge in [0, 0.05) is 36.8 Å². The highest BCUT2D eigenvalue weighted by Crippen LogP contribution is 2.34. The zero-order chi connectivity index (χ0) is 24.5. The van der Waals surface area contributed by atoms with Gasteiger partial charge in [-0.15, -0.1) is 0 Å². The van der Waals surface area contributed by atoms with Crippen molar-refractivity contribution in [1.29, 1.82) is 0 Å². The Kier molecular flexibility index (Phi) is 7.04. The van der Waals surface area contributed by atoms with E-state index in [0.717, 1.165) is 24.1 Å². The number of fused-ring (bicyclic) bond motifs is 1. The second kappa shape index (κ2) is 9.84. The van der Waals surface area contributed by atoms with E-state index in [1.165, 1.54) is 19.1 Å².